The minimum atomic E-state index is -0.390. The number of hydrogen-bond donors (Lipinski definition) is 0. The lowest BCUT2D eigenvalue weighted by atomic mass is 9.90. The van der Waals surface area contributed by atoms with Crippen LogP contribution in [-0.2, 0) is 14.3 Å². The molecule has 0 atom stereocenters. The molecule has 0 saturated heterocycles. The van der Waals surface area contributed by atoms with Crippen LogP contribution in [0.3, 0.4) is 0 Å². The summed E-state index contributed by atoms with van der Waals surface area (Å²) in [6, 6.07) is 0. The van der Waals surface area contributed by atoms with Gasteiger partial charge >= 0.3 is 0 Å². The van der Waals surface area contributed by atoms with Gasteiger partial charge in [0, 0.05) is 12.5 Å². The van der Waals surface area contributed by atoms with E-state index in [9.17, 15) is 4.79 Å². The number of Topliss-reactive ketones (excluding diaryl/α,β-unsaturated/α-hetero) is 1. The van der Waals surface area contributed by atoms with Gasteiger partial charge in [0.05, 0.1) is 6.61 Å². The van der Waals surface area contributed by atoms with Crippen molar-refractivity contribution in [3.05, 3.63) is 0 Å². The molecule has 3 heteroatoms. The molecule has 0 fully saturated rings. The number of hydrogen-bond acceptors (Lipinski definition) is 3. The number of carbonyl (C=O) groups is 1. The van der Waals surface area contributed by atoms with Crippen LogP contribution in [0.5, 0.6) is 0 Å². The van der Waals surface area contributed by atoms with Crippen LogP contribution in [0.1, 0.15) is 20.8 Å². The van der Waals surface area contributed by atoms with Crippen molar-refractivity contribution in [2.24, 2.45) is 5.41 Å². The van der Waals surface area contributed by atoms with Crippen molar-refractivity contribution in [2.75, 3.05) is 20.5 Å². The Kier molecular flexibility index (Phi) is 4.30. The molecular formula is C8H16O3. The van der Waals surface area contributed by atoms with Gasteiger partial charge in [-0.1, -0.05) is 13.8 Å². The van der Waals surface area contributed by atoms with Crippen LogP contribution in [-0.4, -0.2) is 26.3 Å². The number of methoxy groups -OCH3 is 1. The summed E-state index contributed by atoms with van der Waals surface area (Å²) in [4.78, 5) is 10.9. The average Bonchev–Trinajstić information content (AvgIpc) is 1.88. The molecule has 0 aliphatic heterocycles. The topological polar surface area (TPSA) is 35.5 Å². The summed E-state index contributed by atoms with van der Waals surface area (Å²) in [6.45, 7) is 5.93. The molecule has 0 saturated carbocycles. The van der Waals surface area contributed by atoms with Gasteiger partial charge in [-0.3, -0.25) is 4.79 Å². The van der Waals surface area contributed by atoms with E-state index in [-0.39, 0.29) is 12.6 Å². The second-order valence-electron chi connectivity index (χ2n) is 3.20. The minimum absolute atomic E-state index is 0.133. The summed E-state index contributed by atoms with van der Waals surface area (Å²) in [7, 11) is 1.56. The highest BCUT2D eigenvalue weighted by Crippen LogP contribution is 2.16. The van der Waals surface area contributed by atoms with E-state index < -0.39 is 5.41 Å². The van der Waals surface area contributed by atoms with Gasteiger partial charge in [0.2, 0.25) is 0 Å². The predicted octanol–water partition coefficient (Wildman–Crippen LogP) is 1.22. The van der Waals surface area contributed by atoms with E-state index in [1.165, 1.54) is 0 Å². The van der Waals surface area contributed by atoms with Crippen LogP contribution in [0.15, 0.2) is 0 Å². The second-order valence-corrected chi connectivity index (χ2v) is 3.20. The Bertz CT molecular complexity index is 129. The molecule has 0 aliphatic carbocycles. The molecular weight excluding hydrogens is 144 g/mol. The van der Waals surface area contributed by atoms with Crippen molar-refractivity contribution in [1.82, 2.24) is 0 Å². The molecule has 0 heterocycles. The minimum Gasteiger partial charge on any atom is -0.359 e. The third-order valence-corrected chi connectivity index (χ3v) is 1.62. The molecule has 3 nitrogen and oxygen atoms in total. The van der Waals surface area contributed by atoms with E-state index in [4.69, 9.17) is 4.74 Å². The maximum atomic E-state index is 10.9. The van der Waals surface area contributed by atoms with E-state index >= 15 is 0 Å². The smallest absolute Gasteiger partial charge is 0.146 e. The van der Waals surface area contributed by atoms with E-state index in [1.54, 1.807) is 14.0 Å². The monoisotopic (exact) mass is 160 g/mol. The summed E-state index contributed by atoms with van der Waals surface area (Å²) >= 11 is 0. The van der Waals surface area contributed by atoms with Gasteiger partial charge < -0.3 is 9.47 Å². The third-order valence-electron chi connectivity index (χ3n) is 1.62. The Morgan fingerprint density at radius 1 is 1.45 bits per heavy atom. The first-order chi connectivity index (χ1) is 5.00. The van der Waals surface area contributed by atoms with Gasteiger partial charge in [-0.05, 0) is 6.92 Å². The highest BCUT2D eigenvalue weighted by atomic mass is 16.7. The Hall–Kier alpha value is -0.410. The van der Waals surface area contributed by atoms with Crippen molar-refractivity contribution in [2.45, 2.75) is 20.8 Å². The fourth-order valence-electron chi connectivity index (χ4n) is 0.482. The van der Waals surface area contributed by atoms with Crippen LogP contribution in [0.25, 0.3) is 0 Å². The van der Waals surface area contributed by atoms with E-state index in [1.807, 2.05) is 13.8 Å². The highest BCUT2D eigenvalue weighted by molar-refractivity contribution is 5.81. The Labute approximate surface area is 67.7 Å². The number of carbonyl (C=O) groups excluding carboxylic acids is 1. The van der Waals surface area contributed by atoms with Crippen LogP contribution < -0.4 is 0 Å². The standard InChI is InChI=1S/C8H16O3/c1-7(9)8(2,3)5-11-6-10-4/h5-6H2,1-4H3. The van der Waals surface area contributed by atoms with Crippen molar-refractivity contribution in [3.63, 3.8) is 0 Å². The molecule has 0 aromatic heterocycles. The quantitative estimate of drug-likeness (QED) is 0.448. The first-order valence-corrected chi connectivity index (χ1v) is 3.58. The first-order valence-electron chi connectivity index (χ1n) is 3.58. The molecule has 0 radical (unpaired) electrons. The summed E-state index contributed by atoms with van der Waals surface area (Å²) in [5, 5.41) is 0. The summed E-state index contributed by atoms with van der Waals surface area (Å²) < 4.78 is 9.75. The maximum Gasteiger partial charge on any atom is 0.146 e. The summed E-state index contributed by atoms with van der Waals surface area (Å²) in [5.74, 6) is 0.133. The lowest BCUT2D eigenvalue weighted by Crippen LogP contribution is -2.27. The molecule has 0 unspecified atom stereocenters. The van der Waals surface area contributed by atoms with Crippen molar-refractivity contribution < 1.29 is 14.3 Å². The molecule has 66 valence electrons. The van der Waals surface area contributed by atoms with Gasteiger partial charge in [-0.15, -0.1) is 0 Å². The second kappa shape index (κ2) is 4.46. The lowest BCUT2D eigenvalue weighted by Gasteiger charge is -2.20. The highest BCUT2D eigenvalue weighted by Gasteiger charge is 2.23. The zero-order valence-electron chi connectivity index (χ0n) is 7.64. The first kappa shape index (κ1) is 10.6. The van der Waals surface area contributed by atoms with Crippen LogP contribution in [0.2, 0.25) is 0 Å². The van der Waals surface area contributed by atoms with Gasteiger partial charge in [0.1, 0.15) is 12.6 Å². The predicted molar refractivity (Wildman–Crippen MR) is 42.3 cm³/mol. The molecule has 0 aromatic carbocycles. The molecule has 0 rings (SSSR count). The van der Waals surface area contributed by atoms with Crippen LogP contribution >= 0.6 is 0 Å². The lowest BCUT2D eigenvalue weighted by molar-refractivity contribution is -0.131. The molecule has 0 N–H and O–H groups in total. The molecule has 0 amide bonds. The van der Waals surface area contributed by atoms with Gasteiger partial charge in [0.15, 0.2) is 0 Å². The maximum absolute atomic E-state index is 10.9. The molecule has 0 spiro atoms. The normalized spacial score (nSPS) is 11.6. The summed E-state index contributed by atoms with van der Waals surface area (Å²) in [5.41, 5.74) is -0.390. The van der Waals surface area contributed by atoms with E-state index in [2.05, 4.69) is 4.74 Å². The fourth-order valence-corrected chi connectivity index (χ4v) is 0.482. The average molecular weight is 160 g/mol. The van der Waals surface area contributed by atoms with E-state index in [0.717, 1.165) is 0 Å². The number of ketones is 1. The zero-order valence-corrected chi connectivity index (χ0v) is 7.64. The van der Waals surface area contributed by atoms with Crippen molar-refractivity contribution >= 4 is 5.78 Å². The van der Waals surface area contributed by atoms with Gasteiger partial charge in [-0.2, -0.15) is 0 Å². The van der Waals surface area contributed by atoms with Crippen molar-refractivity contribution in [3.8, 4) is 0 Å². The molecule has 11 heavy (non-hydrogen) atoms. The largest absolute Gasteiger partial charge is 0.359 e. The third kappa shape index (κ3) is 4.11. The fraction of sp³-hybridized carbons (Fsp3) is 0.875. The number of rotatable bonds is 5. The summed E-state index contributed by atoms with van der Waals surface area (Å²) in [6.07, 6.45) is 0. The SMILES string of the molecule is COCOCC(C)(C)C(C)=O. The van der Waals surface area contributed by atoms with Crippen LogP contribution in [0, 0.1) is 5.41 Å². The number of ether oxygens (including phenoxy) is 2. The van der Waals surface area contributed by atoms with Crippen LogP contribution in [0.4, 0.5) is 0 Å². The van der Waals surface area contributed by atoms with Crippen molar-refractivity contribution in [1.29, 1.82) is 0 Å². The van der Waals surface area contributed by atoms with Gasteiger partial charge in [-0.25, -0.2) is 0 Å². The zero-order chi connectivity index (χ0) is 8.91. The molecule has 0 aromatic rings. The Morgan fingerprint density at radius 2 is 2.00 bits per heavy atom. The Balaban J connectivity index is 3.64. The Morgan fingerprint density at radius 3 is 2.36 bits per heavy atom. The molecule has 0 bridgehead atoms. The van der Waals surface area contributed by atoms with E-state index in [0.29, 0.717) is 6.61 Å². The van der Waals surface area contributed by atoms with Gasteiger partial charge in [0.25, 0.3) is 0 Å². The molecule has 0 aliphatic rings.